The monoisotopic (exact) mass is 293 g/mol. The van der Waals surface area contributed by atoms with Crippen LogP contribution in [0.15, 0.2) is 16.8 Å². The van der Waals surface area contributed by atoms with Crippen molar-refractivity contribution in [1.29, 1.82) is 0 Å². The number of rotatable bonds is 5. The Morgan fingerprint density at radius 1 is 1.65 bits per heavy atom. The number of esters is 1. The molecule has 2 aromatic heterocycles. The summed E-state index contributed by atoms with van der Waals surface area (Å²) in [5, 5.41) is 7.64. The molecule has 1 N–H and O–H groups in total. The molecule has 0 bridgehead atoms. The second-order valence-electron chi connectivity index (χ2n) is 4.50. The van der Waals surface area contributed by atoms with Gasteiger partial charge in [0.15, 0.2) is 10.9 Å². The third-order valence-electron chi connectivity index (χ3n) is 3.19. The minimum absolute atomic E-state index is 0.168. The highest BCUT2D eigenvalue weighted by Gasteiger charge is 2.33. The number of fused-ring (bicyclic) bond motifs is 1. The Morgan fingerprint density at radius 2 is 2.55 bits per heavy atom. The van der Waals surface area contributed by atoms with E-state index in [4.69, 9.17) is 9.26 Å². The second-order valence-corrected chi connectivity index (χ2v) is 5.59. The van der Waals surface area contributed by atoms with E-state index in [-0.39, 0.29) is 11.9 Å². The maximum atomic E-state index is 11.9. The zero-order valence-electron chi connectivity index (χ0n) is 11.1. The topological polar surface area (TPSA) is 77.2 Å². The van der Waals surface area contributed by atoms with Gasteiger partial charge in [-0.2, -0.15) is 0 Å². The van der Waals surface area contributed by atoms with E-state index in [0.717, 1.165) is 29.4 Å². The number of anilines is 1. The fraction of sp³-hybridized carbons (Fsp3) is 0.462. The van der Waals surface area contributed by atoms with E-state index in [1.54, 1.807) is 23.6 Å². The van der Waals surface area contributed by atoms with Crippen molar-refractivity contribution >= 4 is 22.4 Å². The number of carbonyl (C=O) groups excluding carboxylic acids is 1. The summed E-state index contributed by atoms with van der Waals surface area (Å²) in [5.41, 5.74) is 0.869. The molecular weight excluding hydrogens is 278 g/mol. The van der Waals surface area contributed by atoms with Gasteiger partial charge < -0.3 is 14.6 Å². The first-order valence-electron chi connectivity index (χ1n) is 6.57. The number of hydrogen-bond acceptors (Lipinski definition) is 7. The van der Waals surface area contributed by atoms with Crippen LogP contribution < -0.4 is 5.32 Å². The minimum Gasteiger partial charge on any atom is -0.465 e. The van der Waals surface area contributed by atoms with Crippen LogP contribution in [0.2, 0.25) is 0 Å². The Hall–Kier alpha value is -1.89. The van der Waals surface area contributed by atoms with E-state index in [9.17, 15) is 4.79 Å². The van der Waals surface area contributed by atoms with Gasteiger partial charge in [-0.3, -0.25) is 4.79 Å². The van der Waals surface area contributed by atoms with Crippen molar-refractivity contribution in [3.63, 3.8) is 0 Å². The number of aromatic nitrogens is 2. The molecule has 2 aromatic rings. The van der Waals surface area contributed by atoms with E-state index < -0.39 is 0 Å². The Bertz CT molecular complexity index is 594. The fourth-order valence-electron chi connectivity index (χ4n) is 2.27. The van der Waals surface area contributed by atoms with Gasteiger partial charge in [-0.25, -0.2) is 4.98 Å². The zero-order valence-corrected chi connectivity index (χ0v) is 11.9. The van der Waals surface area contributed by atoms with E-state index >= 15 is 0 Å². The van der Waals surface area contributed by atoms with E-state index in [0.29, 0.717) is 13.2 Å². The molecule has 0 spiro atoms. The highest BCUT2D eigenvalue weighted by molar-refractivity contribution is 7.15. The molecule has 0 aliphatic heterocycles. The fourth-order valence-corrected chi connectivity index (χ4v) is 3.31. The number of ether oxygens (including phenoxy) is 1. The summed E-state index contributed by atoms with van der Waals surface area (Å²) in [7, 11) is 0. The molecule has 1 atom stereocenters. The third kappa shape index (κ3) is 2.53. The molecule has 7 heteroatoms. The van der Waals surface area contributed by atoms with Crippen LogP contribution in [-0.4, -0.2) is 22.7 Å². The molecule has 0 amide bonds. The van der Waals surface area contributed by atoms with Crippen molar-refractivity contribution in [1.82, 2.24) is 10.1 Å². The number of hydrogen-bond donors (Lipinski definition) is 1. The van der Waals surface area contributed by atoms with Gasteiger partial charge in [-0.05, 0) is 19.8 Å². The lowest BCUT2D eigenvalue weighted by Gasteiger charge is -2.07. The molecule has 1 aliphatic rings. The molecule has 0 fully saturated rings. The SMILES string of the molecule is CCOC(=O)C1CCc2sc(NCc3ccno3)nc21. The Balaban J connectivity index is 1.68. The van der Waals surface area contributed by atoms with Crippen molar-refractivity contribution in [2.45, 2.75) is 32.2 Å². The average molecular weight is 293 g/mol. The van der Waals surface area contributed by atoms with Crippen LogP contribution in [-0.2, 0) is 22.5 Å². The van der Waals surface area contributed by atoms with Crippen LogP contribution in [0.25, 0.3) is 0 Å². The van der Waals surface area contributed by atoms with Crippen molar-refractivity contribution in [2.24, 2.45) is 0 Å². The molecular formula is C13H15N3O3S. The normalized spacial score (nSPS) is 16.9. The molecule has 0 aromatic carbocycles. The van der Waals surface area contributed by atoms with Crippen molar-refractivity contribution < 1.29 is 14.1 Å². The molecule has 1 aliphatic carbocycles. The lowest BCUT2D eigenvalue weighted by Crippen LogP contribution is -2.14. The summed E-state index contributed by atoms with van der Waals surface area (Å²) in [6, 6.07) is 1.80. The summed E-state index contributed by atoms with van der Waals surface area (Å²) < 4.78 is 10.1. The average Bonchev–Trinajstić information content (AvgIpc) is 3.13. The first kappa shape index (κ1) is 13.1. The number of aryl methyl sites for hydroxylation is 1. The predicted molar refractivity (Wildman–Crippen MR) is 73.6 cm³/mol. The van der Waals surface area contributed by atoms with E-state index in [2.05, 4.69) is 15.5 Å². The van der Waals surface area contributed by atoms with E-state index in [1.165, 1.54) is 4.88 Å². The van der Waals surface area contributed by atoms with Gasteiger partial charge >= 0.3 is 5.97 Å². The minimum atomic E-state index is -0.206. The number of thiazole rings is 1. The quantitative estimate of drug-likeness (QED) is 0.853. The lowest BCUT2D eigenvalue weighted by molar-refractivity contribution is -0.145. The van der Waals surface area contributed by atoms with Crippen LogP contribution in [0.3, 0.4) is 0 Å². The van der Waals surface area contributed by atoms with Gasteiger partial charge in [-0.15, -0.1) is 11.3 Å². The Kier molecular flexibility index (Phi) is 3.68. The zero-order chi connectivity index (χ0) is 13.9. The summed E-state index contributed by atoms with van der Waals surface area (Å²) in [5.74, 6) is 0.377. The highest BCUT2D eigenvalue weighted by atomic mass is 32.1. The van der Waals surface area contributed by atoms with Crippen LogP contribution in [0, 0.1) is 0 Å². The van der Waals surface area contributed by atoms with Gasteiger partial charge in [0.05, 0.1) is 25.0 Å². The molecule has 2 heterocycles. The first-order valence-corrected chi connectivity index (χ1v) is 7.39. The maximum Gasteiger partial charge on any atom is 0.315 e. The van der Waals surface area contributed by atoms with Crippen molar-refractivity contribution in [3.8, 4) is 0 Å². The number of nitrogens with one attached hydrogen (secondary N) is 1. The van der Waals surface area contributed by atoms with Gasteiger partial charge in [-0.1, -0.05) is 5.16 Å². The second kappa shape index (κ2) is 5.62. The van der Waals surface area contributed by atoms with Crippen LogP contribution >= 0.6 is 11.3 Å². The Morgan fingerprint density at radius 3 is 3.30 bits per heavy atom. The maximum absolute atomic E-state index is 11.9. The molecule has 0 radical (unpaired) electrons. The van der Waals surface area contributed by atoms with Crippen LogP contribution in [0.4, 0.5) is 5.13 Å². The van der Waals surface area contributed by atoms with Crippen molar-refractivity contribution in [3.05, 3.63) is 28.6 Å². The molecule has 0 saturated carbocycles. The molecule has 1 unspecified atom stereocenters. The summed E-state index contributed by atoms with van der Waals surface area (Å²) >= 11 is 1.59. The molecule has 3 rings (SSSR count). The lowest BCUT2D eigenvalue weighted by atomic mass is 10.1. The summed E-state index contributed by atoms with van der Waals surface area (Å²) in [6.07, 6.45) is 3.30. The molecule has 0 saturated heterocycles. The Labute approximate surface area is 120 Å². The molecule has 6 nitrogen and oxygen atoms in total. The van der Waals surface area contributed by atoms with Crippen molar-refractivity contribution in [2.75, 3.05) is 11.9 Å². The van der Waals surface area contributed by atoms with Crippen LogP contribution in [0.1, 0.15) is 35.6 Å². The van der Waals surface area contributed by atoms with Gasteiger partial charge in [0.25, 0.3) is 0 Å². The van der Waals surface area contributed by atoms with E-state index in [1.807, 2.05) is 6.92 Å². The van der Waals surface area contributed by atoms with Crippen LogP contribution in [0.5, 0.6) is 0 Å². The largest absolute Gasteiger partial charge is 0.465 e. The molecule has 20 heavy (non-hydrogen) atoms. The van der Waals surface area contributed by atoms with Gasteiger partial charge in [0.2, 0.25) is 0 Å². The first-order chi connectivity index (χ1) is 9.78. The highest BCUT2D eigenvalue weighted by Crippen LogP contribution is 2.39. The number of carbonyl (C=O) groups is 1. The summed E-state index contributed by atoms with van der Waals surface area (Å²) in [6.45, 7) is 2.76. The summed E-state index contributed by atoms with van der Waals surface area (Å²) in [4.78, 5) is 17.5. The smallest absolute Gasteiger partial charge is 0.315 e. The third-order valence-corrected chi connectivity index (χ3v) is 4.28. The number of nitrogens with zero attached hydrogens (tertiary/aromatic N) is 2. The van der Waals surface area contributed by atoms with Gasteiger partial charge in [0.1, 0.15) is 5.92 Å². The van der Waals surface area contributed by atoms with Gasteiger partial charge in [0, 0.05) is 10.9 Å². The molecule has 106 valence electrons. The standard InChI is InChI=1S/C13H15N3O3S/c1-2-18-12(17)9-3-4-10-11(9)16-13(20-10)14-7-8-5-6-15-19-8/h5-6,9H,2-4,7H2,1H3,(H,14,16). The predicted octanol–water partition coefficient (Wildman–Crippen LogP) is 2.34.